The Bertz CT molecular complexity index is 1590. The normalized spacial score (nSPS) is 23.3. The van der Waals surface area contributed by atoms with Crippen molar-refractivity contribution in [3.05, 3.63) is 72.5 Å². The molecule has 0 saturated carbocycles. The van der Waals surface area contributed by atoms with Crippen LogP contribution in [0.15, 0.2) is 33.3 Å². The van der Waals surface area contributed by atoms with E-state index in [4.69, 9.17) is 14.2 Å². The predicted octanol–water partition coefficient (Wildman–Crippen LogP) is 4.02. The number of carbonyl (C=O) groups is 1. The summed E-state index contributed by atoms with van der Waals surface area (Å²) in [7, 11) is 0. The van der Waals surface area contributed by atoms with E-state index in [0.29, 0.717) is 53.9 Å². The Morgan fingerprint density at radius 1 is 1.26 bits per heavy atom. The molecule has 0 aliphatic carbocycles. The maximum absolute atomic E-state index is 15.6. The molecule has 5 heterocycles. The summed E-state index contributed by atoms with van der Waals surface area (Å²) in [5.41, 5.74) is 1.64. The summed E-state index contributed by atoms with van der Waals surface area (Å²) in [5.74, 6) is 0.829. The molecule has 9 nitrogen and oxygen atoms in total. The molecule has 2 atom stereocenters. The van der Waals surface area contributed by atoms with Gasteiger partial charge in [0.15, 0.2) is 11.9 Å². The van der Waals surface area contributed by atoms with Gasteiger partial charge in [0.2, 0.25) is 0 Å². The molecule has 4 aliphatic heterocycles. The lowest BCUT2D eigenvalue weighted by Crippen LogP contribution is -2.44. The molecular formula is C31H32BrFN2O7. The summed E-state index contributed by atoms with van der Waals surface area (Å²) in [6.07, 6.45) is 5.98. The lowest BCUT2D eigenvalue weighted by atomic mass is 9.86. The number of pyridine rings is 1. The Morgan fingerprint density at radius 3 is 2.83 bits per heavy atom. The number of aliphatic hydroxyl groups is 1. The number of halogens is 2. The average Bonchev–Trinajstić information content (AvgIpc) is 3.00. The van der Waals surface area contributed by atoms with Crippen LogP contribution >= 0.6 is 15.9 Å². The molecule has 0 spiro atoms. The van der Waals surface area contributed by atoms with Gasteiger partial charge in [0.1, 0.15) is 18.4 Å². The van der Waals surface area contributed by atoms with Crippen molar-refractivity contribution in [2.75, 3.05) is 24.7 Å². The maximum atomic E-state index is 15.6. The summed E-state index contributed by atoms with van der Waals surface area (Å²) in [4.78, 5) is 40.1. The molecule has 1 unspecified atom stereocenters. The Hall–Kier alpha value is -3.08. The van der Waals surface area contributed by atoms with E-state index < -0.39 is 17.1 Å². The number of cyclic esters (lactones) is 1. The summed E-state index contributed by atoms with van der Waals surface area (Å²) in [5, 5.41) is 10.9. The summed E-state index contributed by atoms with van der Waals surface area (Å²) in [6.45, 7) is 3.10. The zero-order chi connectivity index (χ0) is 29.6. The maximum Gasteiger partial charge on any atom is 0.343 e. The molecular weight excluding hydrogens is 611 g/mol. The van der Waals surface area contributed by atoms with Crippen molar-refractivity contribution < 1.29 is 33.3 Å². The first-order valence-corrected chi connectivity index (χ1v) is 15.2. The number of aromatic nitrogens is 1. The fraction of sp³-hybridized carbons (Fsp3) is 0.484. The number of ether oxygens (including phenoxy) is 3. The van der Waals surface area contributed by atoms with Gasteiger partial charge in [-0.25, -0.2) is 14.0 Å². The van der Waals surface area contributed by atoms with Gasteiger partial charge in [0, 0.05) is 30.5 Å². The molecule has 0 bridgehead atoms. The number of hydrogen-bond donors (Lipinski definition) is 1. The molecule has 0 amide bonds. The van der Waals surface area contributed by atoms with Crippen LogP contribution in [-0.2, 0) is 55.4 Å². The minimum Gasteiger partial charge on any atom is -0.458 e. The fourth-order valence-corrected chi connectivity index (χ4v) is 7.11. The van der Waals surface area contributed by atoms with Gasteiger partial charge in [-0.2, -0.15) is 0 Å². The third-order valence-electron chi connectivity index (χ3n) is 8.73. The van der Waals surface area contributed by atoms with Crippen molar-refractivity contribution in [1.82, 2.24) is 4.57 Å². The average molecular weight is 644 g/mol. The van der Waals surface area contributed by atoms with Crippen LogP contribution in [0.5, 0.6) is 0 Å². The van der Waals surface area contributed by atoms with Crippen LogP contribution in [0.2, 0.25) is 0 Å². The molecule has 11 heteroatoms. The fourth-order valence-electron chi connectivity index (χ4n) is 6.47. The molecule has 222 valence electrons. The number of carbonyl (C=O) groups excluding carboxylic acids is 2. The van der Waals surface area contributed by atoms with Crippen LogP contribution in [0.1, 0.15) is 66.8 Å². The van der Waals surface area contributed by atoms with E-state index in [9.17, 15) is 19.5 Å². The zero-order valence-corrected chi connectivity index (χ0v) is 24.9. The highest BCUT2D eigenvalue weighted by atomic mass is 79.9. The first kappa shape index (κ1) is 29.0. The van der Waals surface area contributed by atoms with Gasteiger partial charge in [-0.1, -0.05) is 6.92 Å². The number of allylic oxidation sites excluding steroid dienone is 3. The van der Waals surface area contributed by atoms with E-state index >= 15 is 4.39 Å². The van der Waals surface area contributed by atoms with Crippen LogP contribution in [0, 0.1) is 5.82 Å². The second-order valence-corrected chi connectivity index (χ2v) is 11.8. The number of esters is 1. The smallest absolute Gasteiger partial charge is 0.343 e. The van der Waals surface area contributed by atoms with Crippen LogP contribution in [0.4, 0.5) is 10.1 Å². The molecule has 2 aromatic rings. The first-order chi connectivity index (χ1) is 20.3. The molecule has 1 aromatic carbocycles. The standard InChI is InChI=1S/C31H32BrFN2O7/c1-2-31(39)23-8-11-34(29(37)22(23)17-42-30(31)38)15-25-27(32)21(16-36)20-14-24(33)18(19-6-5-10-35(25)28(19)20)9-13-41-26-7-3-4-12-40-26/h8,11,14,26,39H,2-7,9-10,12-13,15,17H2,1H3/t26?,31-/m0/s1. The topological polar surface area (TPSA) is 107 Å². The summed E-state index contributed by atoms with van der Waals surface area (Å²) in [6, 6.07) is 2.97. The largest absolute Gasteiger partial charge is 0.458 e. The van der Waals surface area contributed by atoms with E-state index in [1.807, 2.05) is 10.8 Å². The highest BCUT2D eigenvalue weighted by molar-refractivity contribution is 9.12. The molecule has 4 aliphatic rings. The van der Waals surface area contributed by atoms with Crippen LogP contribution in [0.3, 0.4) is 0 Å². The minimum absolute atomic E-state index is 0.0669. The van der Waals surface area contributed by atoms with E-state index in [2.05, 4.69) is 15.9 Å². The Kier molecular flexibility index (Phi) is 7.97. The van der Waals surface area contributed by atoms with E-state index in [0.717, 1.165) is 36.9 Å². The molecule has 1 N–H and O–H groups in total. The van der Waals surface area contributed by atoms with Crippen molar-refractivity contribution in [1.29, 1.82) is 0 Å². The van der Waals surface area contributed by atoms with Crippen molar-refractivity contribution in [2.45, 2.75) is 76.9 Å². The number of hydrogen-bond acceptors (Lipinski definition) is 8. The Labute approximate surface area is 250 Å². The molecule has 1 saturated heterocycles. The predicted molar refractivity (Wildman–Crippen MR) is 155 cm³/mol. The molecule has 6 rings (SSSR count). The lowest BCUT2D eigenvalue weighted by molar-refractivity contribution is -0.172. The SMILES string of the molecule is CC[C@@]1(O)C(=O)OCc2c1ccn(CC1=C(Br)C(=C=O)c3cc(F)c(CCOC4CCCCO4)c4c3N1CCC4)c2=O. The number of fused-ring (bicyclic) bond motifs is 1. The van der Waals surface area contributed by atoms with Crippen molar-refractivity contribution in [3.8, 4) is 0 Å². The summed E-state index contributed by atoms with van der Waals surface area (Å²) >= 11 is 3.56. The lowest BCUT2D eigenvalue weighted by Gasteiger charge is -2.40. The highest BCUT2D eigenvalue weighted by Gasteiger charge is 2.44. The van der Waals surface area contributed by atoms with Crippen LogP contribution < -0.4 is 10.5 Å². The van der Waals surface area contributed by atoms with Gasteiger partial charge >= 0.3 is 5.97 Å². The van der Waals surface area contributed by atoms with Gasteiger partial charge in [-0.05, 0) is 84.1 Å². The quantitative estimate of drug-likeness (QED) is 0.357. The number of rotatable bonds is 7. The van der Waals surface area contributed by atoms with Gasteiger partial charge in [-0.3, -0.25) is 4.79 Å². The monoisotopic (exact) mass is 642 g/mol. The van der Waals surface area contributed by atoms with Crippen molar-refractivity contribution in [2.24, 2.45) is 0 Å². The second-order valence-electron chi connectivity index (χ2n) is 11.1. The first-order valence-electron chi connectivity index (χ1n) is 14.4. The van der Waals surface area contributed by atoms with Gasteiger partial charge in [0.05, 0.1) is 40.2 Å². The number of nitrogens with zero attached hydrogens (tertiary/aromatic N) is 2. The van der Waals surface area contributed by atoms with Gasteiger partial charge in [-0.15, -0.1) is 0 Å². The second kappa shape index (κ2) is 11.5. The Balaban J connectivity index is 1.35. The van der Waals surface area contributed by atoms with Crippen LogP contribution in [0.25, 0.3) is 5.57 Å². The van der Waals surface area contributed by atoms with E-state index in [1.165, 1.54) is 10.6 Å². The number of anilines is 1. The molecule has 0 radical (unpaired) electrons. The highest BCUT2D eigenvalue weighted by Crippen LogP contribution is 2.48. The third kappa shape index (κ3) is 4.77. The van der Waals surface area contributed by atoms with Crippen LogP contribution in [-0.4, -0.2) is 47.6 Å². The van der Waals surface area contributed by atoms with E-state index in [-0.39, 0.29) is 48.4 Å². The molecule has 1 fully saturated rings. The Morgan fingerprint density at radius 2 is 2.10 bits per heavy atom. The zero-order valence-electron chi connectivity index (χ0n) is 23.3. The van der Waals surface area contributed by atoms with Crippen molar-refractivity contribution >= 4 is 39.1 Å². The van der Waals surface area contributed by atoms with Gasteiger partial charge < -0.3 is 28.8 Å². The van der Waals surface area contributed by atoms with Gasteiger partial charge in [0.25, 0.3) is 5.56 Å². The molecule has 42 heavy (non-hydrogen) atoms. The molecule has 1 aromatic heterocycles. The minimum atomic E-state index is -1.88. The van der Waals surface area contributed by atoms with E-state index in [1.54, 1.807) is 19.2 Å². The number of benzene rings is 1. The summed E-state index contributed by atoms with van der Waals surface area (Å²) < 4.78 is 34.2. The van der Waals surface area contributed by atoms with Crippen molar-refractivity contribution in [3.63, 3.8) is 0 Å². The third-order valence-corrected chi connectivity index (χ3v) is 9.59.